The Hall–Kier alpha value is -3.60. The van der Waals surface area contributed by atoms with Gasteiger partial charge in [0.1, 0.15) is 5.75 Å². The second-order valence-corrected chi connectivity index (χ2v) is 6.39. The SMILES string of the molecule is Cn1ncc2cc(-c3cc(-c4ccc5ccccc5c4O)n[nH]3)ccc21. The molecule has 2 aromatic heterocycles. The van der Waals surface area contributed by atoms with Crippen LogP contribution in [0.1, 0.15) is 0 Å². The van der Waals surface area contributed by atoms with Crippen molar-refractivity contribution >= 4 is 21.7 Å². The predicted molar refractivity (Wildman–Crippen MR) is 103 cm³/mol. The Bertz CT molecular complexity index is 1270. The number of phenols is 1. The molecule has 5 heteroatoms. The molecule has 3 aromatic carbocycles. The smallest absolute Gasteiger partial charge is 0.132 e. The van der Waals surface area contributed by atoms with Gasteiger partial charge < -0.3 is 5.11 Å². The molecule has 0 unspecified atom stereocenters. The number of fused-ring (bicyclic) bond motifs is 2. The van der Waals surface area contributed by atoms with E-state index in [1.165, 1.54) is 0 Å². The number of phenolic OH excluding ortho intramolecular Hbond substituents is 1. The van der Waals surface area contributed by atoms with Crippen LogP contribution in [0, 0.1) is 0 Å². The number of H-pyrrole nitrogens is 1. The number of aryl methyl sites for hydroxylation is 1. The first-order valence-corrected chi connectivity index (χ1v) is 8.39. The van der Waals surface area contributed by atoms with E-state index in [-0.39, 0.29) is 5.75 Å². The molecule has 0 spiro atoms. The quantitative estimate of drug-likeness (QED) is 0.497. The molecule has 0 atom stereocenters. The number of rotatable bonds is 2. The summed E-state index contributed by atoms with van der Waals surface area (Å²) in [5.41, 5.74) is 4.45. The molecule has 0 saturated heterocycles. The zero-order valence-corrected chi connectivity index (χ0v) is 14.1. The number of nitrogens with one attached hydrogen (secondary N) is 1. The van der Waals surface area contributed by atoms with Crippen molar-refractivity contribution in [2.24, 2.45) is 7.05 Å². The van der Waals surface area contributed by atoms with Gasteiger partial charge in [-0.2, -0.15) is 10.2 Å². The summed E-state index contributed by atoms with van der Waals surface area (Å²) in [6, 6.07) is 19.8. The fraction of sp³-hybridized carbons (Fsp3) is 0.0476. The van der Waals surface area contributed by atoms with Crippen LogP contribution in [0.25, 0.3) is 44.2 Å². The van der Waals surface area contributed by atoms with E-state index in [2.05, 4.69) is 21.4 Å². The molecule has 0 saturated carbocycles. The Kier molecular flexibility index (Phi) is 3.09. The third-order valence-electron chi connectivity index (χ3n) is 4.81. The zero-order valence-electron chi connectivity index (χ0n) is 14.1. The monoisotopic (exact) mass is 340 g/mol. The van der Waals surface area contributed by atoms with Crippen molar-refractivity contribution < 1.29 is 5.11 Å². The van der Waals surface area contributed by atoms with Crippen LogP contribution in [-0.4, -0.2) is 25.1 Å². The second-order valence-electron chi connectivity index (χ2n) is 6.39. The van der Waals surface area contributed by atoms with Crippen LogP contribution < -0.4 is 0 Å². The van der Waals surface area contributed by atoms with Gasteiger partial charge in [0.15, 0.2) is 0 Å². The lowest BCUT2D eigenvalue weighted by Crippen LogP contribution is -1.88. The molecule has 0 radical (unpaired) electrons. The number of benzene rings is 3. The summed E-state index contributed by atoms with van der Waals surface area (Å²) in [7, 11) is 1.93. The van der Waals surface area contributed by atoms with Crippen LogP contribution in [0.15, 0.2) is 66.9 Å². The Morgan fingerprint density at radius 1 is 0.962 bits per heavy atom. The molecule has 2 heterocycles. The molecule has 0 aliphatic carbocycles. The van der Waals surface area contributed by atoms with Gasteiger partial charge in [0.25, 0.3) is 0 Å². The first kappa shape index (κ1) is 14.7. The molecule has 26 heavy (non-hydrogen) atoms. The average Bonchev–Trinajstić information content (AvgIpc) is 3.29. The number of aromatic hydroxyl groups is 1. The molecule has 126 valence electrons. The Labute approximate surface area is 149 Å². The second kappa shape index (κ2) is 5.46. The predicted octanol–water partition coefficient (Wildman–Crippen LogP) is 4.49. The van der Waals surface area contributed by atoms with Crippen LogP contribution in [0.3, 0.4) is 0 Å². The van der Waals surface area contributed by atoms with Crippen molar-refractivity contribution in [3.63, 3.8) is 0 Å². The molecule has 5 nitrogen and oxygen atoms in total. The first-order valence-electron chi connectivity index (χ1n) is 8.39. The van der Waals surface area contributed by atoms with Crippen molar-refractivity contribution in [1.29, 1.82) is 0 Å². The van der Waals surface area contributed by atoms with E-state index in [1.807, 2.05) is 72.5 Å². The summed E-state index contributed by atoms with van der Waals surface area (Å²) in [6.45, 7) is 0. The summed E-state index contributed by atoms with van der Waals surface area (Å²) in [5.74, 6) is 0.254. The topological polar surface area (TPSA) is 66.7 Å². The number of nitrogens with zero attached hydrogens (tertiary/aromatic N) is 3. The molecule has 5 aromatic rings. The van der Waals surface area contributed by atoms with E-state index in [9.17, 15) is 5.11 Å². The minimum absolute atomic E-state index is 0.254. The molecule has 0 fully saturated rings. The van der Waals surface area contributed by atoms with Gasteiger partial charge in [-0.25, -0.2) is 0 Å². The van der Waals surface area contributed by atoms with Gasteiger partial charge in [-0.1, -0.05) is 36.4 Å². The minimum Gasteiger partial charge on any atom is -0.507 e. The molecule has 0 aliphatic heterocycles. The molecular formula is C21H16N4O. The summed E-state index contributed by atoms with van der Waals surface area (Å²) < 4.78 is 1.85. The van der Waals surface area contributed by atoms with Crippen molar-refractivity contribution in [3.8, 4) is 28.3 Å². The van der Waals surface area contributed by atoms with Crippen molar-refractivity contribution in [1.82, 2.24) is 20.0 Å². The third kappa shape index (κ3) is 2.18. The normalized spacial score (nSPS) is 11.4. The van der Waals surface area contributed by atoms with Gasteiger partial charge in [-0.15, -0.1) is 0 Å². The zero-order chi connectivity index (χ0) is 17.7. The summed E-state index contributed by atoms with van der Waals surface area (Å²) in [5, 5.41) is 25.3. The lowest BCUT2D eigenvalue weighted by molar-refractivity contribution is 0.483. The van der Waals surface area contributed by atoms with E-state index in [0.717, 1.165) is 38.6 Å². The van der Waals surface area contributed by atoms with E-state index in [4.69, 9.17) is 0 Å². The maximum Gasteiger partial charge on any atom is 0.132 e. The van der Waals surface area contributed by atoms with Gasteiger partial charge in [0.05, 0.1) is 23.1 Å². The third-order valence-corrected chi connectivity index (χ3v) is 4.81. The fourth-order valence-electron chi connectivity index (χ4n) is 3.40. The average molecular weight is 340 g/mol. The summed E-state index contributed by atoms with van der Waals surface area (Å²) in [6.07, 6.45) is 1.85. The Morgan fingerprint density at radius 3 is 2.77 bits per heavy atom. The molecular weight excluding hydrogens is 324 g/mol. The highest BCUT2D eigenvalue weighted by Gasteiger charge is 2.13. The summed E-state index contributed by atoms with van der Waals surface area (Å²) in [4.78, 5) is 0. The van der Waals surface area contributed by atoms with Gasteiger partial charge in [0.2, 0.25) is 0 Å². The Balaban J connectivity index is 1.60. The highest BCUT2D eigenvalue weighted by Crippen LogP contribution is 2.36. The lowest BCUT2D eigenvalue weighted by atomic mass is 10.0. The number of aromatic amines is 1. The molecule has 5 rings (SSSR count). The minimum atomic E-state index is 0.254. The van der Waals surface area contributed by atoms with E-state index in [0.29, 0.717) is 5.56 Å². The van der Waals surface area contributed by atoms with E-state index < -0.39 is 0 Å². The van der Waals surface area contributed by atoms with Crippen LogP contribution in [0.5, 0.6) is 5.75 Å². The van der Waals surface area contributed by atoms with Crippen LogP contribution in [0.2, 0.25) is 0 Å². The summed E-state index contributed by atoms with van der Waals surface area (Å²) >= 11 is 0. The number of aromatic nitrogens is 4. The maximum absolute atomic E-state index is 10.7. The molecule has 0 bridgehead atoms. The molecule has 0 aliphatic rings. The highest BCUT2D eigenvalue weighted by molar-refractivity contribution is 5.94. The van der Waals surface area contributed by atoms with Crippen LogP contribution >= 0.6 is 0 Å². The number of hydrogen-bond acceptors (Lipinski definition) is 3. The first-order chi connectivity index (χ1) is 12.7. The Morgan fingerprint density at radius 2 is 1.85 bits per heavy atom. The fourth-order valence-corrected chi connectivity index (χ4v) is 3.40. The number of hydrogen-bond donors (Lipinski definition) is 2. The van der Waals surface area contributed by atoms with Crippen molar-refractivity contribution in [3.05, 3.63) is 66.9 Å². The van der Waals surface area contributed by atoms with Gasteiger partial charge in [-0.05, 0) is 29.7 Å². The van der Waals surface area contributed by atoms with Crippen molar-refractivity contribution in [2.45, 2.75) is 0 Å². The van der Waals surface area contributed by atoms with Gasteiger partial charge in [0, 0.05) is 28.9 Å². The lowest BCUT2D eigenvalue weighted by Gasteiger charge is -2.05. The molecule has 2 N–H and O–H groups in total. The largest absolute Gasteiger partial charge is 0.507 e. The standard InChI is InChI=1S/C21H16N4O/c1-25-20-9-7-14(10-15(20)12-22-25)18-11-19(24-23-18)17-8-6-13-4-2-3-5-16(13)21(17)26/h2-12,26H,1H3,(H,23,24). The highest BCUT2D eigenvalue weighted by atomic mass is 16.3. The van der Waals surface area contributed by atoms with Crippen molar-refractivity contribution in [2.75, 3.05) is 0 Å². The van der Waals surface area contributed by atoms with Gasteiger partial charge in [-0.3, -0.25) is 9.78 Å². The van der Waals surface area contributed by atoms with E-state index >= 15 is 0 Å². The van der Waals surface area contributed by atoms with E-state index in [1.54, 1.807) is 0 Å². The molecule has 0 amide bonds. The van der Waals surface area contributed by atoms with Crippen LogP contribution in [0.4, 0.5) is 0 Å². The van der Waals surface area contributed by atoms with Crippen LogP contribution in [-0.2, 0) is 7.05 Å². The van der Waals surface area contributed by atoms with Gasteiger partial charge >= 0.3 is 0 Å². The maximum atomic E-state index is 10.7.